The van der Waals surface area contributed by atoms with E-state index in [1.54, 1.807) is 18.3 Å². The average molecular weight is 457 g/mol. The Balaban J connectivity index is 1.63. The number of nitrogens with one attached hydrogen (secondary N) is 2. The van der Waals surface area contributed by atoms with Crippen LogP contribution in [-0.2, 0) is 9.84 Å². The summed E-state index contributed by atoms with van der Waals surface area (Å²) in [5, 5.41) is 17.5. The van der Waals surface area contributed by atoms with E-state index >= 15 is 0 Å². The summed E-state index contributed by atoms with van der Waals surface area (Å²) in [6, 6.07) is 6.09. The molecule has 1 aliphatic heterocycles. The quantitative estimate of drug-likeness (QED) is 0.249. The number of hydrogen-bond donors (Lipinski definition) is 2. The van der Waals surface area contributed by atoms with Gasteiger partial charge in [0.15, 0.2) is 9.84 Å². The molecule has 0 amide bonds. The molecule has 0 saturated heterocycles. The van der Waals surface area contributed by atoms with Gasteiger partial charge in [-0.1, -0.05) is 11.8 Å². The van der Waals surface area contributed by atoms with Crippen LogP contribution in [0.5, 0.6) is 0 Å². The predicted molar refractivity (Wildman–Crippen MR) is 120 cm³/mol. The zero-order valence-electron chi connectivity index (χ0n) is 16.5. The molecule has 0 radical (unpaired) electrons. The van der Waals surface area contributed by atoms with E-state index in [4.69, 9.17) is 0 Å². The topological polar surface area (TPSA) is 114 Å². The van der Waals surface area contributed by atoms with Gasteiger partial charge in [-0.3, -0.25) is 10.1 Å². The number of anilines is 1. The van der Waals surface area contributed by atoms with Crippen LogP contribution in [0, 0.1) is 16.0 Å². The van der Waals surface area contributed by atoms with Crippen LogP contribution in [0.1, 0.15) is 19.3 Å². The number of allylic oxidation sites excluding steroid dienone is 3. The third kappa shape index (κ3) is 4.77. The van der Waals surface area contributed by atoms with Crippen LogP contribution in [0.2, 0.25) is 0 Å². The Kier molecular flexibility index (Phi) is 5.77. The van der Waals surface area contributed by atoms with Crippen molar-refractivity contribution in [3.63, 3.8) is 0 Å². The van der Waals surface area contributed by atoms with Crippen LogP contribution in [0.15, 0.2) is 70.5 Å². The zero-order valence-corrected chi connectivity index (χ0v) is 18.1. The number of nitrogens with zero attached hydrogens (tertiary/aromatic N) is 2. The van der Waals surface area contributed by atoms with E-state index in [9.17, 15) is 18.5 Å². The Bertz CT molecular complexity index is 1250. The van der Waals surface area contributed by atoms with Crippen LogP contribution in [0.3, 0.4) is 0 Å². The van der Waals surface area contributed by atoms with Crippen molar-refractivity contribution in [3.8, 4) is 10.6 Å². The highest BCUT2D eigenvalue weighted by Gasteiger charge is 2.26. The molecule has 0 bridgehead atoms. The maximum atomic E-state index is 12.4. The number of hydrogen-bond acceptors (Lipinski definition) is 8. The molecule has 1 saturated carbocycles. The molecule has 0 spiro atoms. The molecule has 2 aliphatic rings. The van der Waals surface area contributed by atoms with Crippen LogP contribution in [0.25, 0.3) is 10.6 Å². The standard InChI is InChI=1S/C21H20N4O4S2/c1-2-3-12-31(28,29)20-9-8-18(30-20)16-6-7-17(25(26)27)21(23-16)24-19-13-15(10-11-22-19)14-4-5-14/h2,6-9,11,13-14,22H,1,3-5,12H2,(H,23,24). The van der Waals surface area contributed by atoms with Crippen molar-refractivity contribution in [3.05, 3.63) is 76.4 Å². The fourth-order valence-corrected chi connectivity index (χ4v) is 5.75. The Morgan fingerprint density at radius 1 is 1.35 bits per heavy atom. The summed E-state index contributed by atoms with van der Waals surface area (Å²) in [4.78, 5) is 16.0. The van der Waals surface area contributed by atoms with Gasteiger partial charge in [-0.15, -0.1) is 17.9 Å². The van der Waals surface area contributed by atoms with E-state index in [2.05, 4.69) is 27.9 Å². The molecule has 2 aromatic heterocycles. The lowest BCUT2D eigenvalue weighted by Gasteiger charge is -2.14. The van der Waals surface area contributed by atoms with E-state index < -0.39 is 14.8 Å². The largest absolute Gasteiger partial charge is 0.341 e. The molecule has 2 N–H and O–H groups in total. The van der Waals surface area contributed by atoms with E-state index in [-0.39, 0.29) is 21.5 Å². The molecular weight excluding hydrogens is 436 g/mol. The van der Waals surface area contributed by atoms with Crippen molar-refractivity contribution in [1.29, 1.82) is 0 Å². The van der Waals surface area contributed by atoms with Crippen molar-refractivity contribution in [2.24, 2.45) is 5.92 Å². The van der Waals surface area contributed by atoms with E-state index in [1.807, 2.05) is 6.08 Å². The lowest BCUT2D eigenvalue weighted by molar-refractivity contribution is -0.384. The predicted octanol–water partition coefficient (Wildman–Crippen LogP) is 4.37. The van der Waals surface area contributed by atoms with Crippen molar-refractivity contribution in [2.75, 3.05) is 11.1 Å². The van der Waals surface area contributed by atoms with Gasteiger partial charge in [0, 0.05) is 17.8 Å². The summed E-state index contributed by atoms with van der Waals surface area (Å²) in [5.41, 5.74) is 4.48. The maximum Gasteiger partial charge on any atom is 0.311 e. The highest BCUT2D eigenvalue weighted by molar-refractivity contribution is 7.93. The van der Waals surface area contributed by atoms with Gasteiger partial charge < -0.3 is 10.6 Å². The number of aromatic nitrogens is 1. The number of rotatable bonds is 9. The van der Waals surface area contributed by atoms with Gasteiger partial charge in [0.2, 0.25) is 5.82 Å². The Morgan fingerprint density at radius 3 is 2.87 bits per heavy atom. The molecule has 1 fully saturated rings. The summed E-state index contributed by atoms with van der Waals surface area (Å²) in [5.74, 6) is 1.13. The average Bonchev–Trinajstić information content (AvgIpc) is 3.48. The number of thiophene rings is 1. The molecule has 31 heavy (non-hydrogen) atoms. The Hall–Kier alpha value is -3.20. The van der Waals surface area contributed by atoms with Crippen molar-refractivity contribution < 1.29 is 13.3 Å². The fraction of sp³-hybridized carbons (Fsp3) is 0.238. The molecule has 3 heterocycles. The number of pyridine rings is 1. The second-order valence-electron chi connectivity index (χ2n) is 7.18. The van der Waals surface area contributed by atoms with E-state index in [1.165, 1.54) is 18.2 Å². The monoisotopic (exact) mass is 456 g/mol. The van der Waals surface area contributed by atoms with E-state index in [0.29, 0.717) is 28.7 Å². The van der Waals surface area contributed by atoms with Gasteiger partial charge in [0.25, 0.3) is 0 Å². The summed E-state index contributed by atoms with van der Waals surface area (Å²) >= 11 is 1.09. The maximum absolute atomic E-state index is 12.4. The first-order chi connectivity index (χ1) is 14.9. The molecule has 0 atom stereocenters. The second-order valence-corrected chi connectivity index (χ2v) is 10.6. The minimum Gasteiger partial charge on any atom is -0.341 e. The smallest absolute Gasteiger partial charge is 0.311 e. The zero-order chi connectivity index (χ0) is 22.0. The lowest BCUT2D eigenvalue weighted by atomic mass is 10.1. The van der Waals surface area contributed by atoms with Gasteiger partial charge in [0.1, 0.15) is 10.0 Å². The number of nitro groups is 1. The highest BCUT2D eigenvalue weighted by atomic mass is 32.2. The van der Waals surface area contributed by atoms with Crippen LogP contribution < -0.4 is 10.6 Å². The molecule has 0 unspecified atom stereocenters. The Morgan fingerprint density at radius 2 is 2.16 bits per heavy atom. The summed E-state index contributed by atoms with van der Waals surface area (Å²) in [7, 11) is -3.41. The molecule has 2 aromatic rings. The van der Waals surface area contributed by atoms with Gasteiger partial charge in [-0.05, 0) is 49.5 Å². The molecule has 10 heteroatoms. The molecule has 8 nitrogen and oxygen atoms in total. The van der Waals surface area contributed by atoms with E-state index in [0.717, 1.165) is 29.8 Å². The van der Waals surface area contributed by atoms with Crippen LogP contribution in [0.4, 0.5) is 11.5 Å². The van der Waals surface area contributed by atoms with Gasteiger partial charge in [-0.25, -0.2) is 13.4 Å². The fourth-order valence-electron chi connectivity index (χ4n) is 3.06. The summed E-state index contributed by atoms with van der Waals surface area (Å²) in [6.45, 7) is 3.56. The molecular formula is C21H20N4O4S2. The van der Waals surface area contributed by atoms with Crippen molar-refractivity contribution >= 4 is 32.7 Å². The van der Waals surface area contributed by atoms with Crippen molar-refractivity contribution in [2.45, 2.75) is 23.5 Å². The first-order valence-electron chi connectivity index (χ1n) is 9.67. The first kappa shape index (κ1) is 21.0. The lowest BCUT2D eigenvalue weighted by Crippen LogP contribution is -2.17. The van der Waals surface area contributed by atoms with Gasteiger partial charge in [-0.2, -0.15) is 0 Å². The Labute approximate surface area is 183 Å². The number of sulfone groups is 1. The highest BCUT2D eigenvalue weighted by Crippen LogP contribution is 2.38. The van der Waals surface area contributed by atoms with Crippen molar-refractivity contribution in [1.82, 2.24) is 10.3 Å². The van der Waals surface area contributed by atoms with Crippen LogP contribution in [-0.4, -0.2) is 24.1 Å². The summed E-state index contributed by atoms with van der Waals surface area (Å²) in [6.07, 6.45) is 7.72. The minimum atomic E-state index is -3.41. The first-order valence-corrected chi connectivity index (χ1v) is 12.1. The molecule has 0 aromatic carbocycles. The third-order valence-corrected chi connectivity index (χ3v) is 8.27. The molecule has 1 aliphatic carbocycles. The third-order valence-electron chi connectivity index (χ3n) is 4.84. The normalized spacial score (nSPS) is 15.6. The second kappa shape index (κ2) is 8.50. The minimum absolute atomic E-state index is 0.0128. The van der Waals surface area contributed by atoms with Gasteiger partial charge >= 0.3 is 5.69 Å². The summed E-state index contributed by atoms with van der Waals surface area (Å²) < 4.78 is 25.1. The van der Waals surface area contributed by atoms with Crippen LogP contribution >= 0.6 is 11.3 Å². The SMILES string of the molecule is C=CCCS(=O)(=O)c1ccc(-c2ccc([N+](=O)[O-])c(NC3=CC(C4CC4)=C=CN3)n2)s1. The van der Waals surface area contributed by atoms with Gasteiger partial charge in [0.05, 0.1) is 21.2 Å². The molecule has 4 rings (SSSR count). The molecule has 160 valence electrons.